The number of rotatable bonds is 4. The lowest BCUT2D eigenvalue weighted by Crippen LogP contribution is -2.42. The molecule has 2 atom stereocenters. The van der Waals surface area contributed by atoms with Crippen LogP contribution in [-0.2, 0) is 4.79 Å². The number of likely N-dealkylation sites (N-methyl/N-ethyl adjacent to an activating group) is 1. The molecule has 1 aliphatic heterocycles. The van der Waals surface area contributed by atoms with Crippen molar-refractivity contribution >= 4 is 41.7 Å². The molecule has 1 aliphatic rings. The van der Waals surface area contributed by atoms with E-state index in [1.54, 1.807) is 11.8 Å². The van der Waals surface area contributed by atoms with Gasteiger partial charge in [0.1, 0.15) is 0 Å². The second-order valence-electron chi connectivity index (χ2n) is 4.81. The number of carbonyl (C=O) groups is 1. The Morgan fingerprint density at radius 3 is 2.65 bits per heavy atom. The molecule has 112 valence electrons. The van der Waals surface area contributed by atoms with E-state index < -0.39 is 0 Å². The summed E-state index contributed by atoms with van der Waals surface area (Å²) < 4.78 is 0. The van der Waals surface area contributed by atoms with E-state index >= 15 is 0 Å². The number of hydrogen-bond acceptors (Lipinski definition) is 3. The highest BCUT2D eigenvalue weighted by atomic mass is 35.5. The van der Waals surface area contributed by atoms with Crippen molar-refractivity contribution in [2.45, 2.75) is 29.5 Å². The Morgan fingerprint density at radius 1 is 1.45 bits per heavy atom. The van der Waals surface area contributed by atoms with Crippen LogP contribution in [0, 0.1) is 0 Å². The van der Waals surface area contributed by atoms with Gasteiger partial charge in [-0.1, -0.05) is 11.6 Å². The van der Waals surface area contributed by atoms with Crippen molar-refractivity contribution in [3.8, 4) is 0 Å². The SMILES string of the molecule is CC(Sc1ccc(Cl)cc1)C(=O)N(C)C1CCNC1.Cl. The molecule has 2 unspecified atom stereocenters. The average Bonchev–Trinajstić information content (AvgIpc) is 2.93. The van der Waals surface area contributed by atoms with Crippen molar-refractivity contribution in [2.24, 2.45) is 0 Å². The average molecular weight is 335 g/mol. The Hall–Kier alpha value is -0.420. The van der Waals surface area contributed by atoms with E-state index in [2.05, 4.69) is 5.32 Å². The van der Waals surface area contributed by atoms with Crippen LogP contribution in [0.4, 0.5) is 0 Å². The Balaban J connectivity index is 0.00000200. The zero-order valence-corrected chi connectivity index (χ0v) is 14.0. The van der Waals surface area contributed by atoms with E-state index in [1.165, 1.54) is 0 Å². The molecule has 3 nitrogen and oxygen atoms in total. The topological polar surface area (TPSA) is 32.3 Å². The van der Waals surface area contributed by atoms with Gasteiger partial charge in [0.15, 0.2) is 0 Å². The molecule has 6 heteroatoms. The van der Waals surface area contributed by atoms with E-state index in [9.17, 15) is 4.79 Å². The maximum atomic E-state index is 12.4. The monoisotopic (exact) mass is 334 g/mol. The zero-order valence-electron chi connectivity index (χ0n) is 11.6. The van der Waals surface area contributed by atoms with Crippen LogP contribution in [0.5, 0.6) is 0 Å². The van der Waals surface area contributed by atoms with Crippen LogP contribution in [-0.4, -0.2) is 42.2 Å². The minimum atomic E-state index is -0.0771. The van der Waals surface area contributed by atoms with Crippen molar-refractivity contribution in [3.63, 3.8) is 0 Å². The first kappa shape index (κ1) is 17.6. The Labute approximate surface area is 135 Å². The van der Waals surface area contributed by atoms with Gasteiger partial charge < -0.3 is 10.2 Å². The van der Waals surface area contributed by atoms with Crippen molar-refractivity contribution in [1.29, 1.82) is 0 Å². The molecule has 0 saturated carbocycles. The largest absolute Gasteiger partial charge is 0.340 e. The summed E-state index contributed by atoms with van der Waals surface area (Å²) in [7, 11) is 1.90. The molecule has 0 aliphatic carbocycles. The lowest BCUT2D eigenvalue weighted by Gasteiger charge is -2.26. The van der Waals surface area contributed by atoms with Crippen LogP contribution in [0.2, 0.25) is 5.02 Å². The summed E-state index contributed by atoms with van der Waals surface area (Å²) in [5.41, 5.74) is 0. The van der Waals surface area contributed by atoms with E-state index in [0.29, 0.717) is 6.04 Å². The van der Waals surface area contributed by atoms with Gasteiger partial charge in [-0.2, -0.15) is 0 Å². The van der Waals surface area contributed by atoms with Gasteiger partial charge in [-0.05, 0) is 44.2 Å². The fourth-order valence-electron chi connectivity index (χ4n) is 2.20. The number of amides is 1. The van der Waals surface area contributed by atoms with Gasteiger partial charge in [0.25, 0.3) is 0 Å². The number of benzene rings is 1. The molecule has 2 rings (SSSR count). The number of halogens is 2. The predicted molar refractivity (Wildman–Crippen MR) is 88.1 cm³/mol. The van der Waals surface area contributed by atoms with Crippen LogP contribution in [0.15, 0.2) is 29.2 Å². The number of carbonyl (C=O) groups excluding carboxylic acids is 1. The minimum Gasteiger partial charge on any atom is -0.340 e. The third-order valence-electron chi connectivity index (χ3n) is 3.40. The van der Waals surface area contributed by atoms with E-state index in [-0.39, 0.29) is 23.6 Å². The standard InChI is InChI=1S/C14H19ClN2OS.ClH/c1-10(19-13-5-3-11(15)4-6-13)14(18)17(2)12-7-8-16-9-12;/h3-6,10,12,16H,7-9H2,1-2H3;1H. The van der Waals surface area contributed by atoms with Crippen LogP contribution in [0.1, 0.15) is 13.3 Å². The highest BCUT2D eigenvalue weighted by Gasteiger charge is 2.26. The number of nitrogens with one attached hydrogen (secondary N) is 1. The molecule has 1 N–H and O–H groups in total. The predicted octanol–water partition coefficient (Wildman–Crippen LogP) is 3.06. The molecule has 0 spiro atoms. The molecule has 0 aromatic heterocycles. The van der Waals surface area contributed by atoms with E-state index in [4.69, 9.17) is 11.6 Å². The summed E-state index contributed by atoms with van der Waals surface area (Å²) in [6.07, 6.45) is 1.04. The Kier molecular flexibility index (Phi) is 7.17. The van der Waals surface area contributed by atoms with Gasteiger partial charge in [-0.3, -0.25) is 4.79 Å². The third-order valence-corrected chi connectivity index (χ3v) is 4.76. The molecular formula is C14H20Cl2N2OS. The van der Waals surface area contributed by atoms with Crippen molar-refractivity contribution < 1.29 is 4.79 Å². The minimum absolute atomic E-state index is 0. The first-order valence-corrected chi connectivity index (χ1v) is 7.73. The van der Waals surface area contributed by atoms with Gasteiger partial charge in [0, 0.05) is 29.6 Å². The van der Waals surface area contributed by atoms with Gasteiger partial charge >= 0.3 is 0 Å². The van der Waals surface area contributed by atoms with Gasteiger partial charge in [0.2, 0.25) is 5.91 Å². The molecule has 1 fully saturated rings. The maximum absolute atomic E-state index is 12.4. The second-order valence-corrected chi connectivity index (χ2v) is 6.66. The van der Waals surface area contributed by atoms with Gasteiger partial charge in [-0.25, -0.2) is 0 Å². The van der Waals surface area contributed by atoms with Crippen molar-refractivity contribution in [2.75, 3.05) is 20.1 Å². The highest BCUT2D eigenvalue weighted by Crippen LogP contribution is 2.26. The van der Waals surface area contributed by atoms with Gasteiger partial charge in [-0.15, -0.1) is 24.2 Å². The number of thioether (sulfide) groups is 1. The summed E-state index contributed by atoms with van der Waals surface area (Å²) >= 11 is 7.43. The molecule has 1 aromatic rings. The molecule has 0 radical (unpaired) electrons. The quantitative estimate of drug-likeness (QED) is 0.859. The molecular weight excluding hydrogens is 315 g/mol. The molecule has 1 aromatic carbocycles. The summed E-state index contributed by atoms with van der Waals surface area (Å²) in [6, 6.07) is 7.94. The van der Waals surface area contributed by atoms with Crippen LogP contribution in [0.3, 0.4) is 0 Å². The maximum Gasteiger partial charge on any atom is 0.235 e. The van der Waals surface area contributed by atoms with Crippen molar-refractivity contribution in [3.05, 3.63) is 29.3 Å². The van der Waals surface area contributed by atoms with E-state index in [0.717, 1.165) is 29.4 Å². The third kappa shape index (κ3) is 4.55. The van der Waals surface area contributed by atoms with Gasteiger partial charge in [0.05, 0.1) is 5.25 Å². The summed E-state index contributed by atoms with van der Waals surface area (Å²) in [6.45, 7) is 3.86. The lowest BCUT2D eigenvalue weighted by atomic mass is 10.2. The Morgan fingerprint density at radius 2 is 2.10 bits per heavy atom. The second kappa shape index (κ2) is 8.13. The smallest absolute Gasteiger partial charge is 0.235 e. The first-order chi connectivity index (χ1) is 9.08. The number of nitrogens with zero attached hydrogens (tertiary/aromatic N) is 1. The van der Waals surface area contributed by atoms with Crippen LogP contribution >= 0.6 is 35.8 Å². The molecule has 0 bridgehead atoms. The summed E-state index contributed by atoms with van der Waals surface area (Å²) in [5.74, 6) is 0.189. The normalized spacial score (nSPS) is 19.2. The fourth-order valence-corrected chi connectivity index (χ4v) is 3.30. The van der Waals surface area contributed by atoms with Crippen LogP contribution < -0.4 is 5.32 Å². The van der Waals surface area contributed by atoms with Crippen LogP contribution in [0.25, 0.3) is 0 Å². The highest BCUT2D eigenvalue weighted by molar-refractivity contribution is 8.00. The molecule has 1 heterocycles. The molecule has 1 amide bonds. The van der Waals surface area contributed by atoms with Crippen molar-refractivity contribution in [1.82, 2.24) is 10.2 Å². The van der Waals surface area contributed by atoms with E-state index in [1.807, 2.05) is 43.1 Å². The Bertz CT molecular complexity index is 435. The zero-order chi connectivity index (χ0) is 13.8. The summed E-state index contributed by atoms with van der Waals surface area (Å²) in [4.78, 5) is 15.3. The molecule has 1 saturated heterocycles. The first-order valence-electron chi connectivity index (χ1n) is 6.47. The fraction of sp³-hybridized carbons (Fsp3) is 0.500. The number of hydrogen-bond donors (Lipinski definition) is 1. The lowest BCUT2D eigenvalue weighted by molar-refractivity contribution is -0.130. The molecule has 20 heavy (non-hydrogen) atoms. The summed E-state index contributed by atoms with van der Waals surface area (Å²) in [5, 5.41) is 3.93.